The van der Waals surface area contributed by atoms with Crippen LogP contribution in [-0.2, 0) is 0 Å². The van der Waals surface area contributed by atoms with Gasteiger partial charge in [0.15, 0.2) is 0 Å². The van der Waals surface area contributed by atoms with Gasteiger partial charge >= 0.3 is 6.18 Å². The van der Waals surface area contributed by atoms with Crippen LogP contribution >= 0.6 is 0 Å². The normalized spacial score (nSPS) is 13.6. The molecular formula is C10H21F3N2. The first-order chi connectivity index (χ1) is 6.64. The first kappa shape index (κ1) is 14.7. The minimum absolute atomic E-state index is 0.400. The highest BCUT2D eigenvalue weighted by atomic mass is 19.4. The van der Waals surface area contributed by atoms with Gasteiger partial charge in [0.25, 0.3) is 0 Å². The first-order valence-electron chi connectivity index (χ1n) is 5.22. The van der Waals surface area contributed by atoms with Crippen LogP contribution in [0.1, 0.15) is 33.6 Å². The molecule has 0 saturated carbocycles. The van der Waals surface area contributed by atoms with Crippen LogP contribution in [0, 0.1) is 0 Å². The summed E-state index contributed by atoms with van der Waals surface area (Å²) in [6, 6.07) is 0. The van der Waals surface area contributed by atoms with Crippen LogP contribution in [0.2, 0.25) is 0 Å². The van der Waals surface area contributed by atoms with E-state index >= 15 is 0 Å². The largest absolute Gasteiger partial charge is 0.401 e. The minimum Gasteiger partial charge on any atom is -0.326 e. The van der Waals surface area contributed by atoms with E-state index in [1.807, 2.05) is 20.8 Å². The minimum atomic E-state index is -4.12. The van der Waals surface area contributed by atoms with Gasteiger partial charge in [-0.1, -0.05) is 6.92 Å². The molecule has 0 amide bonds. The fourth-order valence-electron chi connectivity index (χ4n) is 1.29. The third-order valence-electron chi connectivity index (χ3n) is 2.02. The summed E-state index contributed by atoms with van der Waals surface area (Å²) < 4.78 is 36.5. The second-order valence-corrected chi connectivity index (χ2v) is 4.63. The number of nitrogens with two attached hydrogens (primary N) is 1. The van der Waals surface area contributed by atoms with Gasteiger partial charge < -0.3 is 5.73 Å². The van der Waals surface area contributed by atoms with E-state index in [0.29, 0.717) is 19.5 Å². The van der Waals surface area contributed by atoms with Gasteiger partial charge in [-0.05, 0) is 33.2 Å². The second kappa shape index (κ2) is 5.70. The quantitative estimate of drug-likeness (QED) is 0.753. The summed E-state index contributed by atoms with van der Waals surface area (Å²) in [5.41, 5.74) is 5.33. The maximum atomic E-state index is 12.2. The van der Waals surface area contributed by atoms with Crippen LogP contribution in [-0.4, -0.2) is 36.2 Å². The lowest BCUT2D eigenvalue weighted by Crippen LogP contribution is -2.41. The highest BCUT2D eigenvalue weighted by Crippen LogP contribution is 2.17. The van der Waals surface area contributed by atoms with Crippen molar-refractivity contribution in [1.82, 2.24) is 4.90 Å². The molecule has 0 saturated heterocycles. The Labute approximate surface area is 89.6 Å². The molecule has 0 unspecified atom stereocenters. The zero-order chi connectivity index (χ0) is 12.1. The molecule has 0 aliphatic rings. The summed E-state index contributed by atoms with van der Waals surface area (Å²) >= 11 is 0. The van der Waals surface area contributed by atoms with Crippen LogP contribution in [0.15, 0.2) is 0 Å². The summed E-state index contributed by atoms with van der Waals surface area (Å²) in [6.45, 7) is 5.55. The van der Waals surface area contributed by atoms with Gasteiger partial charge in [-0.15, -0.1) is 0 Å². The topological polar surface area (TPSA) is 29.3 Å². The lowest BCUT2D eigenvalue weighted by molar-refractivity contribution is -0.146. The second-order valence-electron chi connectivity index (χ2n) is 4.63. The Kier molecular flexibility index (Phi) is 5.59. The van der Waals surface area contributed by atoms with E-state index in [1.165, 1.54) is 4.90 Å². The molecule has 5 heteroatoms. The predicted octanol–water partition coefficient (Wildman–Crippen LogP) is 2.39. The molecular weight excluding hydrogens is 205 g/mol. The highest BCUT2D eigenvalue weighted by molar-refractivity contribution is 4.74. The first-order valence-corrected chi connectivity index (χ1v) is 5.22. The third kappa shape index (κ3) is 10.0. The molecule has 0 bridgehead atoms. The number of alkyl halides is 3. The molecule has 0 aromatic carbocycles. The van der Waals surface area contributed by atoms with Gasteiger partial charge in [0.1, 0.15) is 0 Å². The molecule has 0 aliphatic heterocycles. The lowest BCUT2D eigenvalue weighted by atomic mass is 10.0. The van der Waals surface area contributed by atoms with E-state index in [1.54, 1.807) is 0 Å². The Morgan fingerprint density at radius 1 is 1.13 bits per heavy atom. The van der Waals surface area contributed by atoms with Crippen molar-refractivity contribution in [2.75, 3.05) is 19.6 Å². The Hall–Kier alpha value is -0.290. The van der Waals surface area contributed by atoms with Crippen molar-refractivity contribution in [3.05, 3.63) is 0 Å². The number of hydrogen-bond donors (Lipinski definition) is 1. The van der Waals surface area contributed by atoms with E-state index < -0.39 is 18.3 Å². The molecule has 0 spiro atoms. The van der Waals surface area contributed by atoms with Gasteiger partial charge in [0, 0.05) is 12.1 Å². The molecule has 2 nitrogen and oxygen atoms in total. The molecule has 2 N–H and O–H groups in total. The maximum absolute atomic E-state index is 12.2. The summed E-state index contributed by atoms with van der Waals surface area (Å²) in [6.07, 6.45) is -2.82. The standard InChI is InChI=1S/C10H21F3N2/c1-4-6-15(8-10(11,12)13)7-5-9(2,3)14/h4-8,14H2,1-3H3. The van der Waals surface area contributed by atoms with Crippen molar-refractivity contribution in [1.29, 1.82) is 0 Å². The number of halogens is 3. The van der Waals surface area contributed by atoms with Gasteiger partial charge in [-0.3, -0.25) is 4.90 Å². The SMILES string of the molecule is CCCN(CCC(C)(C)N)CC(F)(F)F. The molecule has 0 aromatic rings. The Morgan fingerprint density at radius 2 is 1.67 bits per heavy atom. The van der Waals surface area contributed by atoms with Gasteiger partial charge in [-0.2, -0.15) is 13.2 Å². The van der Waals surface area contributed by atoms with Crippen LogP contribution < -0.4 is 5.73 Å². The van der Waals surface area contributed by atoms with Crippen LogP contribution in [0.3, 0.4) is 0 Å². The van der Waals surface area contributed by atoms with Crippen molar-refractivity contribution in [3.8, 4) is 0 Å². The molecule has 0 aliphatic carbocycles. The van der Waals surface area contributed by atoms with Crippen molar-refractivity contribution in [2.24, 2.45) is 5.73 Å². The van der Waals surface area contributed by atoms with Crippen molar-refractivity contribution >= 4 is 0 Å². The average Bonchev–Trinajstić information content (AvgIpc) is 1.96. The van der Waals surface area contributed by atoms with Crippen LogP contribution in [0.25, 0.3) is 0 Å². The Bertz CT molecular complexity index is 172. The third-order valence-corrected chi connectivity index (χ3v) is 2.02. The van der Waals surface area contributed by atoms with Crippen molar-refractivity contribution in [2.45, 2.75) is 45.3 Å². The van der Waals surface area contributed by atoms with E-state index in [2.05, 4.69) is 0 Å². The fraction of sp³-hybridized carbons (Fsp3) is 1.00. The monoisotopic (exact) mass is 226 g/mol. The molecule has 0 radical (unpaired) electrons. The van der Waals surface area contributed by atoms with E-state index in [9.17, 15) is 13.2 Å². The van der Waals surface area contributed by atoms with Crippen molar-refractivity contribution < 1.29 is 13.2 Å². The molecule has 0 heterocycles. The molecule has 0 rings (SSSR count). The van der Waals surface area contributed by atoms with Gasteiger partial charge in [0.05, 0.1) is 6.54 Å². The Morgan fingerprint density at radius 3 is 2.00 bits per heavy atom. The van der Waals surface area contributed by atoms with E-state index in [0.717, 1.165) is 6.42 Å². The lowest BCUT2D eigenvalue weighted by Gasteiger charge is -2.27. The predicted molar refractivity (Wildman–Crippen MR) is 55.7 cm³/mol. The molecule has 0 atom stereocenters. The number of nitrogens with zero attached hydrogens (tertiary/aromatic N) is 1. The molecule has 0 fully saturated rings. The summed E-state index contributed by atoms with van der Waals surface area (Å²) in [7, 11) is 0. The zero-order valence-electron chi connectivity index (χ0n) is 9.69. The fourth-order valence-corrected chi connectivity index (χ4v) is 1.29. The van der Waals surface area contributed by atoms with Gasteiger partial charge in [0.2, 0.25) is 0 Å². The summed E-state index contributed by atoms with van der Waals surface area (Å²) in [4.78, 5) is 1.41. The average molecular weight is 226 g/mol. The van der Waals surface area contributed by atoms with E-state index in [4.69, 9.17) is 5.73 Å². The van der Waals surface area contributed by atoms with Crippen molar-refractivity contribution in [3.63, 3.8) is 0 Å². The summed E-state index contributed by atoms with van der Waals surface area (Å²) in [5.74, 6) is 0. The van der Waals surface area contributed by atoms with E-state index in [-0.39, 0.29) is 0 Å². The number of hydrogen-bond acceptors (Lipinski definition) is 2. The molecule has 15 heavy (non-hydrogen) atoms. The molecule has 0 aromatic heterocycles. The zero-order valence-corrected chi connectivity index (χ0v) is 9.69. The Balaban J connectivity index is 4.05. The van der Waals surface area contributed by atoms with Crippen LogP contribution in [0.4, 0.5) is 13.2 Å². The highest BCUT2D eigenvalue weighted by Gasteiger charge is 2.30. The number of rotatable bonds is 6. The van der Waals surface area contributed by atoms with Gasteiger partial charge in [-0.25, -0.2) is 0 Å². The smallest absolute Gasteiger partial charge is 0.326 e. The maximum Gasteiger partial charge on any atom is 0.401 e. The molecule has 92 valence electrons. The summed E-state index contributed by atoms with van der Waals surface area (Å²) in [5, 5.41) is 0. The van der Waals surface area contributed by atoms with Crippen LogP contribution in [0.5, 0.6) is 0 Å².